The number of benzene rings is 3. The lowest BCUT2D eigenvalue weighted by molar-refractivity contribution is -0.384. The second-order valence-electron chi connectivity index (χ2n) is 10.2. The molecule has 42 heavy (non-hydrogen) atoms. The highest BCUT2D eigenvalue weighted by Gasteiger charge is 2.35. The van der Waals surface area contributed by atoms with Gasteiger partial charge in [-0.2, -0.15) is 23.1 Å². The fourth-order valence-corrected chi connectivity index (χ4v) is 5.19. The summed E-state index contributed by atoms with van der Waals surface area (Å²) in [7, 11) is 0. The quantitative estimate of drug-likeness (QED) is 0.134. The van der Waals surface area contributed by atoms with Gasteiger partial charge in [0.05, 0.1) is 27.0 Å². The van der Waals surface area contributed by atoms with E-state index < -0.39 is 63.5 Å². The summed E-state index contributed by atoms with van der Waals surface area (Å²) in [4.78, 5) is 20.7. The molecule has 3 aromatic carbocycles. The van der Waals surface area contributed by atoms with Crippen LogP contribution in [0.5, 0.6) is 11.8 Å². The van der Waals surface area contributed by atoms with Crippen molar-refractivity contribution in [1.82, 2.24) is 9.97 Å². The van der Waals surface area contributed by atoms with E-state index in [0.717, 1.165) is 18.2 Å². The summed E-state index contributed by atoms with van der Waals surface area (Å²) in [5.41, 5.74) is -4.17. The number of aliphatic hydroxyl groups is 1. The number of nitrogens with zero attached hydrogens (tertiary/aromatic N) is 4. The smallest absolute Gasteiger partial charge is 0.422 e. The molecule has 1 aromatic heterocycles. The number of rotatable bonds is 5. The van der Waals surface area contributed by atoms with Gasteiger partial charge in [0, 0.05) is 30.1 Å². The molecule has 0 bridgehead atoms. The van der Waals surface area contributed by atoms with E-state index >= 15 is 4.39 Å². The predicted octanol–water partition coefficient (Wildman–Crippen LogP) is 5.62. The maximum Gasteiger partial charge on any atom is 0.422 e. The minimum Gasteiger partial charge on any atom is -0.508 e. The number of phenols is 1. The predicted molar refractivity (Wildman–Crippen MR) is 142 cm³/mol. The molecule has 1 aliphatic heterocycles. The van der Waals surface area contributed by atoms with E-state index in [1.165, 1.54) is 24.0 Å². The van der Waals surface area contributed by atoms with E-state index in [1.54, 1.807) is 0 Å². The zero-order valence-electron chi connectivity index (χ0n) is 21.8. The summed E-state index contributed by atoms with van der Waals surface area (Å²) in [6, 6.07) is 4.49. The molecule has 218 valence electrons. The standard InChI is InChI=1S/C28H21F5N4O5/c1-3-16-19(29)6-5-14-9-15(38)10-17(21(14)16)22-20(37(40)41)11-18-24(23(22)30)34-26(42-13-28(31,32)33)35-25(18)36-8-4-7-27(2,39)12-36/h1,5-6,9-11,38-39H,4,7-8,12-13H2,2H3. The number of phenolic OH excluding ortho intramolecular Hbond substituents is 1. The van der Waals surface area contributed by atoms with Crippen molar-refractivity contribution in [2.45, 2.75) is 31.5 Å². The van der Waals surface area contributed by atoms with Gasteiger partial charge in [-0.25, -0.2) is 8.78 Å². The first-order valence-electron chi connectivity index (χ1n) is 12.5. The normalized spacial score (nSPS) is 17.4. The average Bonchev–Trinajstić information content (AvgIpc) is 2.90. The van der Waals surface area contributed by atoms with Gasteiger partial charge in [-0.15, -0.1) is 6.42 Å². The van der Waals surface area contributed by atoms with Gasteiger partial charge in [-0.05, 0) is 43.4 Å². The van der Waals surface area contributed by atoms with E-state index in [-0.39, 0.29) is 46.2 Å². The Morgan fingerprint density at radius 2 is 1.98 bits per heavy atom. The van der Waals surface area contributed by atoms with Gasteiger partial charge in [0.25, 0.3) is 5.69 Å². The van der Waals surface area contributed by atoms with E-state index in [2.05, 4.69) is 15.9 Å². The highest BCUT2D eigenvalue weighted by Crippen LogP contribution is 2.45. The van der Waals surface area contributed by atoms with Crippen LogP contribution in [0.4, 0.5) is 33.5 Å². The summed E-state index contributed by atoms with van der Waals surface area (Å²) in [5.74, 6) is -0.758. The van der Waals surface area contributed by atoms with Gasteiger partial charge in [-0.3, -0.25) is 10.1 Å². The minimum absolute atomic E-state index is 0.0724. The number of aromatic nitrogens is 2. The maximum absolute atomic E-state index is 16.6. The van der Waals surface area contributed by atoms with Crippen LogP contribution in [-0.2, 0) is 0 Å². The number of nitro groups is 1. The second-order valence-corrected chi connectivity index (χ2v) is 10.2. The van der Waals surface area contributed by atoms with Crippen LogP contribution in [-0.4, -0.2) is 56.6 Å². The Bertz CT molecular complexity index is 1800. The van der Waals surface area contributed by atoms with Crippen molar-refractivity contribution in [3.8, 4) is 35.2 Å². The highest BCUT2D eigenvalue weighted by atomic mass is 19.4. The topological polar surface area (TPSA) is 122 Å². The third-order valence-electron chi connectivity index (χ3n) is 6.87. The van der Waals surface area contributed by atoms with Crippen LogP contribution in [0.2, 0.25) is 0 Å². The molecule has 2 heterocycles. The third kappa shape index (κ3) is 5.30. The Balaban J connectivity index is 1.87. The van der Waals surface area contributed by atoms with Crippen LogP contribution in [0.25, 0.3) is 32.8 Å². The summed E-state index contributed by atoms with van der Waals surface area (Å²) >= 11 is 0. The van der Waals surface area contributed by atoms with Gasteiger partial charge in [-0.1, -0.05) is 12.0 Å². The number of alkyl halides is 3. The molecule has 4 aromatic rings. The number of terminal acetylenes is 1. The molecule has 1 saturated heterocycles. The van der Waals surface area contributed by atoms with Crippen molar-refractivity contribution in [3.05, 3.63) is 57.6 Å². The molecule has 0 aliphatic carbocycles. The maximum atomic E-state index is 16.6. The summed E-state index contributed by atoms with van der Waals surface area (Å²) in [6.07, 6.45) is 1.53. The molecule has 0 spiro atoms. The summed E-state index contributed by atoms with van der Waals surface area (Å²) < 4.78 is 74.9. The number of hydrogen-bond donors (Lipinski definition) is 2. The lowest BCUT2D eigenvalue weighted by Crippen LogP contribution is -2.46. The molecule has 0 radical (unpaired) electrons. The first-order chi connectivity index (χ1) is 19.7. The van der Waals surface area contributed by atoms with Gasteiger partial charge in [0.15, 0.2) is 12.4 Å². The Morgan fingerprint density at radius 1 is 1.24 bits per heavy atom. The number of nitro benzene ring substituents is 1. The first kappa shape index (κ1) is 28.7. The molecular formula is C28H21F5N4O5. The number of piperidine rings is 1. The fraction of sp³-hybridized carbons (Fsp3) is 0.286. The Kier molecular flexibility index (Phi) is 7.02. The Hall–Kier alpha value is -4.77. The Morgan fingerprint density at radius 3 is 2.62 bits per heavy atom. The molecule has 9 nitrogen and oxygen atoms in total. The van der Waals surface area contributed by atoms with Crippen molar-refractivity contribution in [2.75, 3.05) is 24.6 Å². The van der Waals surface area contributed by atoms with Crippen LogP contribution in [0.3, 0.4) is 0 Å². The van der Waals surface area contributed by atoms with Crippen LogP contribution in [0.1, 0.15) is 25.3 Å². The molecule has 14 heteroatoms. The van der Waals surface area contributed by atoms with Crippen LogP contribution in [0.15, 0.2) is 30.3 Å². The summed E-state index contributed by atoms with van der Waals surface area (Å²) in [5, 5.41) is 33.1. The number of halogens is 5. The number of anilines is 1. The van der Waals surface area contributed by atoms with E-state index in [9.17, 15) is 37.9 Å². The summed E-state index contributed by atoms with van der Waals surface area (Å²) in [6.45, 7) is -0.115. The minimum atomic E-state index is -4.79. The van der Waals surface area contributed by atoms with Gasteiger partial charge >= 0.3 is 12.2 Å². The molecule has 5 rings (SSSR count). The van der Waals surface area contributed by atoms with Crippen LogP contribution in [0, 0.1) is 34.1 Å². The number of hydrogen-bond acceptors (Lipinski definition) is 8. The number of β-amino-alcohol motifs (C(OH)–C–C–N with tert-alkyl or cyclic N) is 1. The SMILES string of the molecule is C#Cc1c(F)ccc2cc(O)cc(-c3c([N+](=O)[O-])cc4c(N5CCCC(C)(O)C5)nc(OCC(F)(F)F)nc4c3F)c12. The highest BCUT2D eigenvalue weighted by molar-refractivity contribution is 6.06. The monoisotopic (exact) mass is 588 g/mol. The molecule has 1 atom stereocenters. The molecule has 1 unspecified atom stereocenters. The van der Waals surface area contributed by atoms with Crippen molar-refractivity contribution in [2.24, 2.45) is 0 Å². The number of fused-ring (bicyclic) bond motifs is 2. The van der Waals surface area contributed by atoms with Crippen molar-refractivity contribution in [1.29, 1.82) is 0 Å². The second kappa shape index (κ2) is 10.3. The lowest BCUT2D eigenvalue weighted by atomic mass is 9.91. The van der Waals surface area contributed by atoms with Crippen molar-refractivity contribution < 1.29 is 41.8 Å². The van der Waals surface area contributed by atoms with E-state index in [0.29, 0.717) is 12.8 Å². The average molecular weight is 588 g/mol. The molecule has 0 saturated carbocycles. The zero-order valence-corrected chi connectivity index (χ0v) is 21.8. The number of ether oxygens (including phenoxy) is 1. The van der Waals surface area contributed by atoms with Gasteiger partial charge in [0.1, 0.15) is 22.9 Å². The zero-order chi connectivity index (χ0) is 30.6. The molecule has 0 amide bonds. The third-order valence-corrected chi connectivity index (χ3v) is 6.87. The lowest BCUT2D eigenvalue weighted by Gasteiger charge is -2.38. The molecule has 1 aliphatic rings. The van der Waals surface area contributed by atoms with Crippen molar-refractivity contribution in [3.63, 3.8) is 0 Å². The van der Waals surface area contributed by atoms with Crippen LogP contribution < -0.4 is 9.64 Å². The first-order valence-corrected chi connectivity index (χ1v) is 12.5. The Labute approximate surface area is 234 Å². The molecule has 1 fully saturated rings. The van der Waals surface area contributed by atoms with Gasteiger partial charge < -0.3 is 19.8 Å². The van der Waals surface area contributed by atoms with Crippen LogP contribution >= 0.6 is 0 Å². The van der Waals surface area contributed by atoms with E-state index in [4.69, 9.17) is 11.2 Å². The largest absolute Gasteiger partial charge is 0.508 e. The van der Waals surface area contributed by atoms with Crippen molar-refractivity contribution >= 4 is 33.2 Å². The van der Waals surface area contributed by atoms with Gasteiger partial charge in [0.2, 0.25) is 0 Å². The fourth-order valence-electron chi connectivity index (χ4n) is 5.19. The van der Waals surface area contributed by atoms with E-state index in [1.807, 2.05) is 0 Å². The molecular weight excluding hydrogens is 567 g/mol. The number of aromatic hydroxyl groups is 1. The molecule has 2 N–H and O–H groups in total.